The summed E-state index contributed by atoms with van der Waals surface area (Å²) >= 11 is 5.82. The average molecular weight is 257 g/mol. The van der Waals surface area contributed by atoms with Crippen LogP contribution >= 0.6 is 11.6 Å². The molecule has 0 fully saturated rings. The van der Waals surface area contributed by atoms with Gasteiger partial charge in [0.2, 0.25) is 0 Å². The number of benzene rings is 1. The summed E-state index contributed by atoms with van der Waals surface area (Å²) in [5.74, 6) is 0.330. The number of nitrogens with two attached hydrogens (primary N) is 1. The highest BCUT2D eigenvalue weighted by atomic mass is 35.5. The van der Waals surface area contributed by atoms with Gasteiger partial charge < -0.3 is 16.2 Å². The summed E-state index contributed by atoms with van der Waals surface area (Å²) in [7, 11) is 0. The number of anilines is 2. The van der Waals surface area contributed by atoms with E-state index in [9.17, 15) is 5.11 Å². The second kappa shape index (κ2) is 6.72. The van der Waals surface area contributed by atoms with Crippen LogP contribution in [0.15, 0.2) is 18.2 Å². The van der Waals surface area contributed by atoms with Gasteiger partial charge in [-0.15, -0.1) is 0 Å². The van der Waals surface area contributed by atoms with Crippen molar-refractivity contribution in [2.75, 3.05) is 17.6 Å². The fourth-order valence-corrected chi connectivity index (χ4v) is 2.09. The van der Waals surface area contributed by atoms with Crippen LogP contribution in [-0.4, -0.2) is 17.8 Å². The molecule has 0 aliphatic rings. The summed E-state index contributed by atoms with van der Waals surface area (Å²) in [6.07, 6.45) is 1.62. The maximum Gasteiger partial charge on any atom is 0.0740 e. The second-order valence-corrected chi connectivity index (χ2v) is 4.69. The van der Waals surface area contributed by atoms with Gasteiger partial charge in [0.25, 0.3) is 0 Å². The Bertz CT molecular complexity index is 353. The zero-order chi connectivity index (χ0) is 12.8. The molecule has 0 saturated carbocycles. The molecule has 4 N–H and O–H groups in total. The Labute approximate surface area is 108 Å². The molecule has 0 aliphatic heterocycles. The second-order valence-electron chi connectivity index (χ2n) is 4.26. The largest absolute Gasteiger partial charge is 0.397 e. The van der Waals surface area contributed by atoms with Gasteiger partial charge in [-0.05, 0) is 24.1 Å². The first kappa shape index (κ1) is 14.1. The van der Waals surface area contributed by atoms with E-state index < -0.39 is 0 Å². The normalized spacial score (nSPS) is 12.8. The van der Waals surface area contributed by atoms with Crippen LogP contribution in [0.4, 0.5) is 11.4 Å². The minimum Gasteiger partial charge on any atom is -0.397 e. The number of nitrogens with one attached hydrogen (secondary N) is 1. The Morgan fingerprint density at radius 3 is 2.53 bits per heavy atom. The molecule has 1 unspecified atom stereocenters. The van der Waals surface area contributed by atoms with E-state index in [-0.39, 0.29) is 6.10 Å². The van der Waals surface area contributed by atoms with Crippen molar-refractivity contribution in [1.29, 1.82) is 0 Å². The van der Waals surface area contributed by atoms with Gasteiger partial charge in [0.05, 0.1) is 17.5 Å². The third-order valence-corrected chi connectivity index (χ3v) is 3.34. The summed E-state index contributed by atoms with van der Waals surface area (Å²) in [6.45, 7) is 4.69. The van der Waals surface area contributed by atoms with Gasteiger partial charge in [-0.2, -0.15) is 0 Å². The highest BCUT2D eigenvalue weighted by Crippen LogP contribution is 2.23. The summed E-state index contributed by atoms with van der Waals surface area (Å²) in [5, 5.41) is 13.8. The summed E-state index contributed by atoms with van der Waals surface area (Å²) in [5.41, 5.74) is 7.24. The molecule has 3 nitrogen and oxygen atoms in total. The quantitative estimate of drug-likeness (QED) is 0.686. The van der Waals surface area contributed by atoms with Crippen LogP contribution in [-0.2, 0) is 0 Å². The Hall–Kier alpha value is -0.930. The predicted molar refractivity (Wildman–Crippen MR) is 74.4 cm³/mol. The number of nitrogen functional groups attached to an aromatic ring is 1. The van der Waals surface area contributed by atoms with Gasteiger partial charge in [-0.1, -0.05) is 38.3 Å². The van der Waals surface area contributed by atoms with Crippen molar-refractivity contribution in [3.63, 3.8) is 0 Å². The van der Waals surface area contributed by atoms with E-state index in [2.05, 4.69) is 19.2 Å². The smallest absolute Gasteiger partial charge is 0.0740 e. The highest BCUT2D eigenvalue weighted by Gasteiger charge is 2.15. The lowest BCUT2D eigenvalue weighted by Crippen LogP contribution is -2.27. The zero-order valence-electron chi connectivity index (χ0n) is 10.4. The third-order valence-electron chi connectivity index (χ3n) is 3.11. The van der Waals surface area contributed by atoms with Crippen molar-refractivity contribution >= 4 is 23.0 Å². The van der Waals surface area contributed by atoms with Crippen LogP contribution in [0.1, 0.15) is 26.7 Å². The number of rotatable bonds is 6. The first-order valence-corrected chi connectivity index (χ1v) is 6.43. The molecule has 4 heteroatoms. The minimum atomic E-state index is -0.347. The maximum atomic E-state index is 9.99. The van der Waals surface area contributed by atoms with E-state index in [1.807, 2.05) is 6.07 Å². The van der Waals surface area contributed by atoms with E-state index in [1.165, 1.54) is 0 Å². The van der Waals surface area contributed by atoms with Crippen LogP contribution in [0, 0.1) is 5.92 Å². The SMILES string of the molecule is CCC(CC)C(O)CNc1ccc(Cl)cc1N. The molecule has 1 aromatic carbocycles. The van der Waals surface area contributed by atoms with Crippen LogP contribution in [0.3, 0.4) is 0 Å². The summed E-state index contributed by atoms with van der Waals surface area (Å²) in [6, 6.07) is 5.31. The molecule has 0 spiro atoms. The van der Waals surface area contributed by atoms with E-state index in [0.29, 0.717) is 23.2 Å². The van der Waals surface area contributed by atoms with E-state index in [1.54, 1.807) is 12.1 Å². The Kier molecular flexibility index (Phi) is 5.59. The lowest BCUT2D eigenvalue weighted by molar-refractivity contribution is 0.114. The van der Waals surface area contributed by atoms with Crippen LogP contribution < -0.4 is 11.1 Å². The summed E-state index contributed by atoms with van der Waals surface area (Å²) < 4.78 is 0. The van der Waals surface area contributed by atoms with Gasteiger partial charge in [0.15, 0.2) is 0 Å². The lowest BCUT2D eigenvalue weighted by atomic mass is 9.96. The average Bonchev–Trinajstić information content (AvgIpc) is 2.29. The van der Waals surface area contributed by atoms with Crippen molar-refractivity contribution in [3.8, 4) is 0 Å². The van der Waals surface area contributed by atoms with Gasteiger partial charge in [-0.25, -0.2) is 0 Å². The highest BCUT2D eigenvalue weighted by molar-refractivity contribution is 6.31. The molecule has 0 radical (unpaired) electrons. The fourth-order valence-electron chi connectivity index (χ4n) is 1.91. The standard InChI is InChI=1S/C13H21ClN2O/c1-3-9(4-2)13(17)8-16-12-6-5-10(14)7-11(12)15/h5-7,9,13,16-17H,3-4,8,15H2,1-2H3. The number of aliphatic hydroxyl groups is 1. The van der Waals surface area contributed by atoms with Crippen molar-refractivity contribution in [2.45, 2.75) is 32.8 Å². The molecule has 1 rings (SSSR count). The third kappa shape index (κ3) is 4.10. The predicted octanol–water partition coefficient (Wildman–Crippen LogP) is 3.13. The maximum absolute atomic E-state index is 9.99. The van der Waals surface area contributed by atoms with Crippen LogP contribution in [0.5, 0.6) is 0 Å². The number of halogens is 1. The fraction of sp³-hybridized carbons (Fsp3) is 0.538. The van der Waals surface area contributed by atoms with Crippen LogP contribution in [0.25, 0.3) is 0 Å². The van der Waals surface area contributed by atoms with Gasteiger partial charge in [0, 0.05) is 11.6 Å². The molecule has 1 atom stereocenters. The first-order valence-electron chi connectivity index (χ1n) is 6.05. The Morgan fingerprint density at radius 1 is 1.35 bits per heavy atom. The number of hydrogen-bond acceptors (Lipinski definition) is 3. The Balaban J connectivity index is 2.55. The molecular formula is C13H21ClN2O. The molecular weight excluding hydrogens is 236 g/mol. The molecule has 0 aliphatic carbocycles. The number of aliphatic hydroxyl groups excluding tert-OH is 1. The van der Waals surface area contributed by atoms with Crippen LogP contribution in [0.2, 0.25) is 5.02 Å². The zero-order valence-corrected chi connectivity index (χ0v) is 11.2. The van der Waals surface area contributed by atoms with Gasteiger partial charge in [-0.3, -0.25) is 0 Å². The number of hydrogen-bond donors (Lipinski definition) is 3. The van der Waals surface area contributed by atoms with E-state index in [0.717, 1.165) is 18.5 Å². The molecule has 1 aromatic rings. The topological polar surface area (TPSA) is 58.3 Å². The molecule has 96 valence electrons. The molecule has 0 aromatic heterocycles. The molecule has 0 amide bonds. The first-order chi connectivity index (χ1) is 8.08. The molecule has 0 saturated heterocycles. The molecule has 0 heterocycles. The van der Waals surface area contributed by atoms with Crippen molar-refractivity contribution in [2.24, 2.45) is 5.92 Å². The van der Waals surface area contributed by atoms with E-state index in [4.69, 9.17) is 17.3 Å². The van der Waals surface area contributed by atoms with Gasteiger partial charge in [0.1, 0.15) is 0 Å². The Morgan fingerprint density at radius 2 is 2.00 bits per heavy atom. The lowest BCUT2D eigenvalue weighted by Gasteiger charge is -2.21. The van der Waals surface area contributed by atoms with Gasteiger partial charge >= 0.3 is 0 Å². The monoisotopic (exact) mass is 256 g/mol. The molecule has 0 bridgehead atoms. The van der Waals surface area contributed by atoms with Crippen molar-refractivity contribution in [3.05, 3.63) is 23.2 Å². The van der Waals surface area contributed by atoms with E-state index >= 15 is 0 Å². The molecule has 17 heavy (non-hydrogen) atoms. The minimum absolute atomic E-state index is 0.330. The van der Waals surface area contributed by atoms with Crippen molar-refractivity contribution < 1.29 is 5.11 Å². The van der Waals surface area contributed by atoms with Crippen molar-refractivity contribution in [1.82, 2.24) is 0 Å². The summed E-state index contributed by atoms with van der Waals surface area (Å²) in [4.78, 5) is 0.